The van der Waals surface area contributed by atoms with Gasteiger partial charge in [0.15, 0.2) is 12.6 Å². The zero-order valence-electron chi connectivity index (χ0n) is 16.6. The number of aliphatic hydroxyl groups excluding tert-OH is 6. The van der Waals surface area contributed by atoms with Crippen molar-refractivity contribution in [3.8, 4) is 0 Å². The summed E-state index contributed by atoms with van der Waals surface area (Å²) in [5, 5.41) is 59.6. The molecule has 0 radical (unpaired) electrons. The monoisotopic (exact) mass is 422 g/mol. The molecule has 0 aromatic heterocycles. The van der Waals surface area contributed by atoms with Crippen LogP contribution in [0.5, 0.6) is 0 Å². The summed E-state index contributed by atoms with van der Waals surface area (Å²) in [6.07, 6.45) is -7.36. The minimum absolute atomic E-state index is 0.233. The third kappa shape index (κ3) is 6.41. The zero-order chi connectivity index (χ0) is 21.6. The molecule has 0 aliphatic carbocycles. The molecule has 2 aliphatic heterocycles. The summed E-state index contributed by atoms with van der Waals surface area (Å²) >= 11 is 0. The van der Waals surface area contributed by atoms with Crippen LogP contribution >= 0.6 is 0 Å². The van der Waals surface area contributed by atoms with Crippen molar-refractivity contribution in [1.82, 2.24) is 0 Å². The van der Waals surface area contributed by atoms with Crippen molar-refractivity contribution < 1.29 is 49.6 Å². The largest absolute Gasteiger partial charge is 0.388 e. The number of ether oxygens (including phenoxy) is 4. The van der Waals surface area contributed by atoms with Gasteiger partial charge in [0.05, 0.1) is 19.3 Å². The van der Waals surface area contributed by atoms with Crippen molar-refractivity contribution in [1.29, 1.82) is 0 Å². The molecule has 10 heteroatoms. The van der Waals surface area contributed by atoms with Gasteiger partial charge in [-0.1, -0.05) is 32.3 Å². The van der Waals surface area contributed by atoms with E-state index in [1.165, 1.54) is 0 Å². The lowest BCUT2D eigenvalue weighted by molar-refractivity contribution is -0.325. The second-order valence-electron chi connectivity index (χ2n) is 7.50. The maximum Gasteiger partial charge on any atom is 0.187 e. The van der Waals surface area contributed by atoms with E-state index in [1.54, 1.807) is 6.08 Å². The summed E-state index contributed by atoms with van der Waals surface area (Å²) in [5.41, 5.74) is 0. The van der Waals surface area contributed by atoms with E-state index in [2.05, 4.69) is 13.5 Å². The van der Waals surface area contributed by atoms with Gasteiger partial charge in [0.2, 0.25) is 0 Å². The molecule has 2 aliphatic rings. The van der Waals surface area contributed by atoms with Crippen LogP contribution in [-0.2, 0) is 18.9 Å². The predicted molar refractivity (Wildman–Crippen MR) is 99.6 cm³/mol. The van der Waals surface area contributed by atoms with E-state index in [9.17, 15) is 30.6 Å². The van der Waals surface area contributed by atoms with Crippen molar-refractivity contribution in [2.75, 3.05) is 13.2 Å². The van der Waals surface area contributed by atoms with Gasteiger partial charge in [-0.05, 0) is 6.42 Å². The van der Waals surface area contributed by atoms with Crippen molar-refractivity contribution in [3.63, 3.8) is 0 Å². The second-order valence-corrected chi connectivity index (χ2v) is 7.50. The highest BCUT2D eigenvalue weighted by Crippen LogP contribution is 2.26. The average Bonchev–Trinajstić information content (AvgIpc) is 2.71. The fraction of sp³-hybridized carbons (Fsp3) is 0.895. The number of unbranched alkanes of at least 4 members (excludes halogenated alkanes) is 2. The van der Waals surface area contributed by atoms with Gasteiger partial charge in [-0.15, -0.1) is 6.58 Å². The summed E-state index contributed by atoms with van der Waals surface area (Å²) in [6.45, 7) is 5.24. The van der Waals surface area contributed by atoms with E-state index in [-0.39, 0.29) is 13.2 Å². The standard InChI is InChI=1S/C19H34O10/c1-3-5-6-7-10(4-2)28-19-17(25)15(23)14(22)12(29-19)9-27-18-16(24)13(21)11(20)8-26-18/h4,10-25H,2-3,5-9H2,1H3/t10?,11-,12+,13-,14+,15-,16-,17+,18+,19+/m0/s1. The predicted octanol–water partition coefficient (Wildman–Crippen LogP) is -1.60. The first-order valence-corrected chi connectivity index (χ1v) is 10.0. The Morgan fingerprint density at radius 3 is 2.31 bits per heavy atom. The summed E-state index contributed by atoms with van der Waals surface area (Å²) in [4.78, 5) is 0. The molecule has 0 spiro atoms. The van der Waals surface area contributed by atoms with Crippen molar-refractivity contribution in [2.24, 2.45) is 0 Å². The molecular formula is C19H34O10. The Labute approximate surface area is 170 Å². The molecular weight excluding hydrogens is 388 g/mol. The van der Waals surface area contributed by atoms with Crippen LogP contribution in [0.15, 0.2) is 12.7 Å². The van der Waals surface area contributed by atoms with Crippen LogP contribution in [0.2, 0.25) is 0 Å². The molecule has 1 unspecified atom stereocenters. The van der Waals surface area contributed by atoms with Crippen molar-refractivity contribution in [2.45, 2.75) is 94.0 Å². The van der Waals surface area contributed by atoms with Crippen molar-refractivity contribution >= 4 is 0 Å². The summed E-state index contributed by atoms with van der Waals surface area (Å²) in [6, 6.07) is 0. The van der Waals surface area contributed by atoms with E-state index >= 15 is 0 Å². The van der Waals surface area contributed by atoms with Gasteiger partial charge in [0, 0.05) is 0 Å². The summed E-state index contributed by atoms with van der Waals surface area (Å²) in [7, 11) is 0. The van der Waals surface area contributed by atoms with Gasteiger partial charge >= 0.3 is 0 Å². The quantitative estimate of drug-likeness (QED) is 0.179. The summed E-state index contributed by atoms with van der Waals surface area (Å²) in [5.74, 6) is 0. The molecule has 10 nitrogen and oxygen atoms in total. The Hall–Kier alpha value is -0.660. The lowest BCUT2D eigenvalue weighted by Crippen LogP contribution is -2.60. The molecule has 0 bridgehead atoms. The fourth-order valence-electron chi connectivity index (χ4n) is 3.29. The van der Waals surface area contributed by atoms with E-state index < -0.39 is 61.4 Å². The van der Waals surface area contributed by atoms with Crippen LogP contribution < -0.4 is 0 Å². The van der Waals surface area contributed by atoms with Crippen molar-refractivity contribution in [3.05, 3.63) is 12.7 Å². The number of aliphatic hydroxyl groups is 6. The highest BCUT2D eigenvalue weighted by atomic mass is 16.7. The van der Waals surface area contributed by atoms with Gasteiger partial charge in [0.1, 0.15) is 42.7 Å². The normalized spacial score (nSPS) is 41.8. The molecule has 0 saturated carbocycles. The Bertz CT molecular complexity index is 492. The first-order chi connectivity index (χ1) is 13.8. The molecule has 2 fully saturated rings. The molecule has 10 atom stereocenters. The third-order valence-electron chi connectivity index (χ3n) is 5.21. The van der Waals surface area contributed by atoms with Gasteiger partial charge in [-0.2, -0.15) is 0 Å². The van der Waals surface area contributed by atoms with E-state index in [0.717, 1.165) is 19.3 Å². The van der Waals surface area contributed by atoms with Gasteiger partial charge in [0.25, 0.3) is 0 Å². The van der Waals surface area contributed by atoms with Crippen LogP contribution in [0.1, 0.15) is 32.6 Å². The smallest absolute Gasteiger partial charge is 0.187 e. The Morgan fingerprint density at radius 2 is 1.66 bits per heavy atom. The highest BCUT2D eigenvalue weighted by molar-refractivity contribution is 4.91. The minimum atomic E-state index is -1.53. The van der Waals surface area contributed by atoms with Gasteiger partial charge in [-0.25, -0.2) is 0 Å². The van der Waals surface area contributed by atoms with Crippen LogP contribution in [0.4, 0.5) is 0 Å². The highest BCUT2D eigenvalue weighted by Gasteiger charge is 2.46. The molecule has 2 heterocycles. The van der Waals surface area contributed by atoms with Crippen LogP contribution in [0, 0.1) is 0 Å². The number of hydrogen-bond donors (Lipinski definition) is 6. The maximum absolute atomic E-state index is 10.2. The topological polar surface area (TPSA) is 158 Å². The number of rotatable bonds is 10. The molecule has 6 N–H and O–H groups in total. The maximum atomic E-state index is 10.2. The first kappa shape index (κ1) is 24.6. The Balaban J connectivity index is 1.93. The minimum Gasteiger partial charge on any atom is -0.388 e. The molecule has 0 amide bonds. The Kier molecular flexibility index (Phi) is 9.89. The second kappa shape index (κ2) is 11.7. The van der Waals surface area contributed by atoms with E-state index in [0.29, 0.717) is 6.42 Å². The number of hydrogen-bond acceptors (Lipinski definition) is 10. The van der Waals surface area contributed by atoms with Crippen LogP contribution in [0.3, 0.4) is 0 Å². The molecule has 2 rings (SSSR count). The molecule has 0 aromatic carbocycles. The molecule has 0 aromatic rings. The lowest BCUT2D eigenvalue weighted by atomic mass is 9.99. The lowest BCUT2D eigenvalue weighted by Gasteiger charge is -2.42. The molecule has 2 saturated heterocycles. The fourth-order valence-corrected chi connectivity index (χ4v) is 3.29. The average molecular weight is 422 g/mol. The third-order valence-corrected chi connectivity index (χ3v) is 5.21. The SMILES string of the molecule is C=CC(CCCCC)O[C@@H]1O[C@H](CO[C@H]2OC[C@H](O)[C@H](O)[C@@H]2O)[C@@H](O)[C@H](O)[C@H]1O. The van der Waals surface area contributed by atoms with Crippen LogP contribution in [0.25, 0.3) is 0 Å². The zero-order valence-corrected chi connectivity index (χ0v) is 16.6. The van der Waals surface area contributed by atoms with Gasteiger partial charge in [-0.3, -0.25) is 0 Å². The molecule has 170 valence electrons. The van der Waals surface area contributed by atoms with E-state index in [4.69, 9.17) is 18.9 Å². The van der Waals surface area contributed by atoms with Crippen LogP contribution in [-0.4, -0.2) is 105 Å². The Morgan fingerprint density at radius 1 is 0.966 bits per heavy atom. The van der Waals surface area contributed by atoms with Gasteiger partial charge < -0.3 is 49.6 Å². The molecule has 29 heavy (non-hydrogen) atoms. The first-order valence-electron chi connectivity index (χ1n) is 10.0. The summed E-state index contributed by atoms with van der Waals surface area (Å²) < 4.78 is 21.8. The van der Waals surface area contributed by atoms with E-state index in [1.807, 2.05) is 0 Å².